The van der Waals surface area contributed by atoms with Crippen molar-refractivity contribution in [2.45, 2.75) is 24.8 Å². The lowest BCUT2D eigenvalue weighted by Crippen LogP contribution is -2.30. The molecular formula is C15H19N3O. The van der Waals surface area contributed by atoms with Crippen LogP contribution in [0.3, 0.4) is 0 Å². The zero-order valence-electron chi connectivity index (χ0n) is 11.1. The summed E-state index contributed by atoms with van der Waals surface area (Å²) >= 11 is 0. The Bertz CT molecular complexity index is 564. The molecule has 2 unspecified atom stereocenters. The van der Waals surface area contributed by atoms with E-state index in [1.54, 1.807) is 0 Å². The zero-order valence-corrected chi connectivity index (χ0v) is 11.1. The molecule has 0 spiro atoms. The van der Waals surface area contributed by atoms with Crippen molar-refractivity contribution in [3.8, 4) is 5.75 Å². The fraction of sp³-hybridized carbons (Fsp3) is 0.400. The van der Waals surface area contributed by atoms with E-state index in [2.05, 4.69) is 11.1 Å². The summed E-state index contributed by atoms with van der Waals surface area (Å²) in [6, 6.07) is 8.29. The maximum Gasteiger partial charge on any atom is 0.122 e. The molecule has 4 nitrogen and oxygen atoms in total. The molecule has 19 heavy (non-hydrogen) atoms. The van der Waals surface area contributed by atoms with Crippen molar-refractivity contribution in [3.05, 3.63) is 48.0 Å². The van der Waals surface area contributed by atoms with Gasteiger partial charge in [-0.2, -0.15) is 0 Å². The van der Waals surface area contributed by atoms with Crippen molar-refractivity contribution in [2.24, 2.45) is 12.8 Å². The number of para-hydroxylation sites is 1. The second-order valence-electron chi connectivity index (χ2n) is 5.11. The topological polar surface area (TPSA) is 53.1 Å². The Hall–Kier alpha value is -1.81. The van der Waals surface area contributed by atoms with Gasteiger partial charge in [0.15, 0.2) is 0 Å². The van der Waals surface area contributed by atoms with E-state index < -0.39 is 0 Å². The van der Waals surface area contributed by atoms with E-state index in [4.69, 9.17) is 10.5 Å². The first-order chi connectivity index (χ1) is 9.25. The van der Waals surface area contributed by atoms with Gasteiger partial charge in [0.25, 0.3) is 0 Å². The molecule has 2 heterocycles. The fourth-order valence-electron chi connectivity index (χ4n) is 2.68. The molecule has 0 aliphatic carbocycles. The monoisotopic (exact) mass is 257 g/mol. The molecular weight excluding hydrogens is 238 g/mol. The van der Waals surface area contributed by atoms with Crippen molar-refractivity contribution in [1.82, 2.24) is 9.55 Å². The van der Waals surface area contributed by atoms with Crippen LogP contribution in [0.15, 0.2) is 36.7 Å². The maximum atomic E-state index is 6.34. The molecule has 0 fully saturated rings. The SMILES string of the molecule is Cn1ccnc1CCC(N)C1COc2ccccc21. The van der Waals surface area contributed by atoms with E-state index in [1.807, 2.05) is 42.2 Å². The third-order valence-electron chi connectivity index (χ3n) is 3.88. The van der Waals surface area contributed by atoms with E-state index in [0.717, 1.165) is 24.4 Å². The van der Waals surface area contributed by atoms with Gasteiger partial charge in [-0.3, -0.25) is 0 Å². The lowest BCUT2D eigenvalue weighted by Gasteiger charge is -2.18. The molecule has 1 aliphatic heterocycles. The van der Waals surface area contributed by atoms with Crippen LogP contribution in [0.1, 0.15) is 23.7 Å². The van der Waals surface area contributed by atoms with Crippen molar-refractivity contribution in [3.63, 3.8) is 0 Å². The summed E-state index contributed by atoms with van der Waals surface area (Å²) in [6.07, 6.45) is 5.63. The van der Waals surface area contributed by atoms with Gasteiger partial charge in [0.05, 0.1) is 6.61 Å². The molecule has 1 aromatic heterocycles. The summed E-state index contributed by atoms with van der Waals surface area (Å²) in [6.45, 7) is 0.696. The third kappa shape index (κ3) is 2.36. The second-order valence-corrected chi connectivity index (χ2v) is 5.11. The molecule has 3 rings (SSSR count). The molecule has 2 atom stereocenters. The van der Waals surface area contributed by atoms with Crippen molar-refractivity contribution in [1.29, 1.82) is 0 Å². The summed E-state index contributed by atoms with van der Waals surface area (Å²) in [4.78, 5) is 4.33. The van der Waals surface area contributed by atoms with Crippen LogP contribution in [0.4, 0.5) is 0 Å². The predicted molar refractivity (Wildman–Crippen MR) is 74.2 cm³/mol. The number of fused-ring (bicyclic) bond motifs is 1. The highest BCUT2D eigenvalue weighted by Crippen LogP contribution is 2.35. The Morgan fingerprint density at radius 1 is 1.47 bits per heavy atom. The van der Waals surface area contributed by atoms with E-state index in [0.29, 0.717) is 12.5 Å². The van der Waals surface area contributed by atoms with Crippen LogP contribution in [0.5, 0.6) is 5.75 Å². The van der Waals surface area contributed by atoms with Crippen LogP contribution < -0.4 is 10.5 Å². The minimum absolute atomic E-state index is 0.111. The van der Waals surface area contributed by atoms with Gasteiger partial charge >= 0.3 is 0 Å². The van der Waals surface area contributed by atoms with E-state index in [-0.39, 0.29) is 6.04 Å². The molecule has 4 heteroatoms. The highest BCUT2D eigenvalue weighted by molar-refractivity contribution is 5.40. The van der Waals surface area contributed by atoms with Crippen molar-refractivity contribution >= 4 is 0 Å². The van der Waals surface area contributed by atoms with E-state index in [1.165, 1.54) is 5.56 Å². The number of hydrogen-bond donors (Lipinski definition) is 1. The molecule has 0 saturated carbocycles. The number of hydrogen-bond acceptors (Lipinski definition) is 3. The summed E-state index contributed by atoms with van der Waals surface area (Å²) < 4.78 is 7.74. The van der Waals surface area contributed by atoms with E-state index >= 15 is 0 Å². The quantitative estimate of drug-likeness (QED) is 0.909. The number of imidazole rings is 1. The van der Waals surface area contributed by atoms with Crippen LogP contribution >= 0.6 is 0 Å². The highest BCUT2D eigenvalue weighted by atomic mass is 16.5. The third-order valence-corrected chi connectivity index (χ3v) is 3.88. The molecule has 2 N–H and O–H groups in total. The van der Waals surface area contributed by atoms with Gasteiger partial charge in [0.1, 0.15) is 11.6 Å². The average Bonchev–Trinajstić information content (AvgIpc) is 3.02. The number of aromatic nitrogens is 2. The molecule has 100 valence electrons. The fourth-order valence-corrected chi connectivity index (χ4v) is 2.68. The first-order valence-electron chi connectivity index (χ1n) is 6.69. The van der Waals surface area contributed by atoms with E-state index in [9.17, 15) is 0 Å². The standard InChI is InChI=1S/C15H19N3O/c1-18-9-8-17-15(18)7-6-13(16)12-10-19-14-5-3-2-4-11(12)14/h2-5,8-9,12-13H,6-7,10,16H2,1H3. The Morgan fingerprint density at radius 2 is 2.32 bits per heavy atom. The number of benzene rings is 1. The number of rotatable bonds is 4. The molecule has 1 aromatic carbocycles. The average molecular weight is 257 g/mol. The number of aryl methyl sites for hydroxylation is 2. The Labute approximate surface area is 113 Å². The number of nitrogens with zero attached hydrogens (tertiary/aromatic N) is 2. The molecule has 0 radical (unpaired) electrons. The summed E-state index contributed by atoms with van der Waals surface area (Å²) in [5.41, 5.74) is 7.59. The van der Waals surface area contributed by atoms with Gasteiger partial charge in [-0.05, 0) is 12.5 Å². The van der Waals surface area contributed by atoms with Crippen LogP contribution in [-0.2, 0) is 13.5 Å². The number of ether oxygens (including phenoxy) is 1. The van der Waals surface area contributed by atoms with Gasteiger partial charge in [0, 0.05) is 43.4 Å². The molecule has 2 aromatic rings. The van der Waals surface area contributed by atoms with Crippen LogP contribution in [-0.4, -0.2) is 22.2 Å². The minimum atomic E-state index is 0.111. The highest BCUT2D eigenvalue weighted by Gasteiger charge is 2.28. The minimum Gasteiger partial charge on any atom is -0.493 e. The van der Waals surface area contributed by atoms with Gasteiger partial charge in [-0.15, -0.1) is 0 Å². The summed E-state index contributed by atoms with van der Waals surface area (Å²) in [7, 11) is 2.02. The lowest BCUT2D eigenvalue weighted by molar-refractivity contribution is 0.309. The van der Waals surface area contributed by atoms with Crippen molar-refractivity contribution in [2.75, 3.05) is 6.61 Å². The van der Waals surface area contributed by atoms with Crippen LogP contribution in [0.25, 0.3) is 0 Å². The van der Waals surface area contributed by atoms with Gasteiger partial charge in [0.2, 0.25) is 0 Å². The van der Waals surface area contributed by atoms with Crippen LogP contribution in [0, 0.1) is 0 Å². The molecule has 0 amide bonds. The maximum absolute atomic E-state index is 6.34. The first kappa shape index (κ1) is 12.2. The molecule has 0 bridgehead atoms. The second kappa shape index (κ2) is 5.05. The van der Waals surface area contributed by atoms with Crippen LogP contribution in [0.2, 0.25) is 0 Å². The Balaban J connectivity index is 1.66. The Morgan fingerprint density at radius 3 is 3.11 bits per heavy atom. The lowest BCUT2D eigenvalue weighted by atomic mass is 9.91. The predicted octanol–water partition coefficient (Wildman–Crippen LogP) is 1.86. The number of nitrogens with two attached hydrogens (primary N) is 1. The van der Waals surface area contributed by atoms with Gasteiger partial charge in [-0.25, -0.2) is 4.98 Å². The first-order valence-corrected chi connectivity index (χ1v) is 6.69. The smallest absolute Gasteiger partial charge is 0.122 e. The normalized spacial score (nSPS) is 18.9. The largest absolute Gasteiger partial charge is 0.493 e. The summed E-state index contributed by atoms with van der Waals surface area (Å²) in [5, 5.41) is 0. The van der Waals surface area contributed by atoms with Gasteiger partial charge in [-0.1, -0.05) is 18.2 Å². The Kier molecular flexibility index (Phi) is 3.25. The summed E-state index contributed by atoms with van der Waals surface area (Å²) in [5.74, 6) is 2.37. The zero-order chi connectivity index (χ0) is 13.2. The molecule has 0 saturated heterocycles. The molecule has 1 aliphatic rings. The van der Waals surface area contributed by atoms with Gasteiger partial charge < -0.3 is 15.0 Å². The van der Waals surface area contributed by atoms with Crippen molar-refractivity contribution < 1.29 is 4.74 Å².